The van der Waals surface area contributed by atoms with Crippen molar-refractivity contribution in [1.29, 1.82) is 0 Å². The second-order valence-corrected chi connectivity index (χ2v) is 1.66. The van der Waals surface area contributed by atoms with Gasteiger partial charge in [-0.15, -0.1) is 17.9 Å². The molecule has 0 saturated heterocycles. The maximum Gasteiger partial charge on any atom is 1.00 e. The van der Waals surface area contributed by atoms with Gasteiger partial charge in [0.05, 0.1) is 0 Å². The van der Waals surface area contributed by atoms with E-state index in [-0.39, 0.29) is 58.2 Å². The normalized spacial score (nSPS) is 10.6. The standard InChI is InChI=1S/C7H11O.Rb/c1-3-5-6-7(8)4-2;/h7H,4,6H2,1-2H3;/q-1;+1/t7-;/m0./s1. The Kier molecular flexibility index (Phi) is 13.4. The van der Waals surface area contributed by atoms with Gasteiger partial charge in [-0.1, -0.05) is 13.3 Å². The third-order valence-corrected chi connectivity index (χ3v) is 0.962. The first-order valence-corrected chi connectivity index (χ1v) is 2.86. The summed E-state index contributed by atoms with van der Waals surface area (Å²) in [6.07, 6.45) is 0.726. The molecule has 0 amide bonds. The fourth-order valence-corrected chi connectivity index (χ4v) is 0.360. The Bertz CT molecular complexity index is 101. The van der Waals surface area contributed by atoms with Crippen LogP contribution >= 0.6 is 0 Å². The fourth-order valence-electron chi connectivity index (χ4n) is 0.360. The summed E-state index contributed by atoms with van der Waals surface area (Å²) in [5.74, 6) is 5.42. The fraction of sp³-hybridized carbons (Fsp3) is 0.714. The molecule has 0 aliphatic carbocycles. The van der Waals surface area contributed by atoms with Crippen LogP contribution in [-0.2, 0) is 0 Å². The molecule has 0 saturated carbocycles. The molecule has 0 heterocycles. The van der Waals surface area contributed by atoms with Crippen LogP contribution in [0, 0.1) is 11.8 Å². The second-order valence-electron chi connectivity index (χ2n) is 1.66. The molecule has 0 unspecified atom stereocenters. The van der Waals surface area contributed by atoms with Gasteiger partial charge in [-0.25, -0.2) is 0 Å². The summed E-state index contributed by atoms with van der Waals surface area (Å²) >= 11 is 0. The maximum atomic E-state index is 10.6. The van der Waals surface area contributed by atoms with Crippen LogP contribution in [0.15, 0.2) is 0 Å². The monoisotopic (exact) mass is 196 g/mol. The molecule has 0 radical (unpaired) electrons. The average Bonchev–Trinajstić information content (AvgIpc) is 1.83. The summed E-state index contributed by atoms with van der Waals surface area (Å²) in [5.41, 5.74) is 0. The zero-order valence-electron chi connectivity index (χ0n) is 6.40. The molecule has 0 spiro atoms. The van der Waals surface area contributed by atoms with Crippen molar-refractivity contribution in [1.82, 2.24) is 0 Å². The molecule has 0 aromatic heterocycles. The van der Waals surface area contributed by atoms with Crippen molar-refractivity contribution in [2.45, 2.75) is 32.8 Å². The molecule has 0 aliphatic heterocycles. The van der Waals surface area contributed by atoms with Crippen LogP contribution in [0.3, 0.4) is 0 Å². The van der Waals surface area contributed by atoms with Crippen molar-refractivity contribution >= 4 is 0 Å². The number of hydrogen-bond donors (Lipinski definition) is 0. The summed E-state index contributed by atoms with van der Waals surface area (Å²) in [5, 5.41) is 10.6. The Morgan fingerprint density at radius 1 is 1.56 bits per heavy atom. The average molecular weight is 197 g/mol. The molecule has 0 bridgehead atoms. The first kappa shape index (κ1) is 13.0. The Hall–Kier alpha value is 1.33. The van der Waals surface area contributed by atoms with Gasteiger partial charge in [0.25, 0.3) is 0 Å². The van der Waals surface area contributed by atoms with E-state index < -0.39 is 6.10 Å². The summed E-state index contributed by atoms with van der Waals surface area (Å²) < 4.78 is 0. The van der Waals surface area contributed by atoms with E-state index in [9.17, 15) is 5.11 Å². The van der Waals surface area contributed by atoms with Gasteiger partial charge in [0.2, 0.25) is 0 Å². The smallest absolute Gasteiger partial charge is 0.851 e. The van der Waals surface area contributed by atoms with Crippen LogP contribution in [0.25, 0.3) is 0 Å². The van der Waals surface area contributed by atoms with Crippen molar-refractivity contribution in [3.8, 4) is 11.8 Å². The number of rotatable bonds is 2. The first-order valence-electron chi connectivity index (χ1n) is 2.86. The third-order valence-electron chi connectivity index (χ3n) is 0.962. The Balaban J connectivity index is 0. The van der Waals surface area contributed by atoms with Gasteiger partial charge in [0.1, 0.15) is 0 Å². The van der Waals surface area contributed by atoms with E-state index in [0.717, 1.165) is 0 Å². The molecular formula is C7H11ORb. The van der Waals surface area contributed by atoms with Crippen molar-refractivity contribution in [2.24, 2.45) is 0 Å². The molecular weight excluding hydrogens is 186 g/mol. The third kappa shape index (κ3) is 9.33. The van der Waals surface area contributed by atoms with E-state index in [4.69, 9.17) is 0 Å². The van der Waals surface area contributed by atoms with E-state index in [1.165, 1.54) is 0 Å². The minimum atomic E-state index is -0.470. The molecule has 0 aliphatic rings. The zero-order chi connectivity index (χ0) is 6.41. The van der Waals surface area contributed by atoms with Gasteiger partial charge in [0.15, 0.2) is 0 Å². The van der Waals surface area contributed by atoms with E-state index >= 15 is 0 Å². The van der Waals surface area contributed by atoms with Crippen molar-refractivity contribution < 1.29 is 63.3 Å². The van der Waals surface area contributed by atoms with Crippen LogP contribution in [0.5, 0.6) is 0 Å². The van der Waals surface area contributed by atoms with Crippen LogP contribution in [0.4, 0.5) is 0 Å². The zero-order valence-corrected chi connectivity index (χ0v) is 11.3. The Morgan fingerprint density at radius 3 is 2.44 bits per heavy atom. The van der Waals surface area contributed by atoms with Gasteiger partial charge in [-0.2, -0.15) is 0 Å². The largest absolute Gasteiger partial charge is 1.00 e. The maximum absolute atomic E-state index is 10.6. The molecule has 9 heavy (non-hydrogen) atoms. The van der Waals surface area contributed by atoms with Crippen LogP contribution in [0.1, 0.15) is 26.7 Å². The summed E-state index contributed by atoms with van der Waals surface area (Å²) in [6.45, 7) is 3.64. The van der Waals surface area contributed by atoms with Crippen LogP contribution in [0.2, 0.25) is 0 Å². The topological polar surface area (TPSA) is 23.1 Å². The molecule has 0 N–H and O–H groups in total. The van der Waals surface area contributed by atoms with Gasteiger partial charge < -0.3 is 5.11 Å². The van der Waals surface area contributed by atoms with Crippen molar-refractivity contribution in [2.75, 3.05) is 0 Å². The molecule has 0 rings (SSSR count). The molecule has 0 fully saturated rings. The van der Waals surface area contributed by atoms with Gasteiger partial charge in [0, 0.05) is 0 Å². The van der Waals surface area contributed by atoms with Crippen molar-refractivity contribution in [3.63, 3.8) is 0 Å². The quantitative estimate of drug-likeness (QED) is 0.450. The SMILES string of the molecule is CC#CC[C@@H]([O-])CC.[Rb+]. The van der Waals surface area contributed by atoms with Crippen LogP contribution in [-0.4, -0.2) is 6.10 Å². The van der Waals surface area contributed by atoms with E-state index in [1.54, 1.807) is 6.92 Å². The molecule has 2 heteroatoms. The van der Waals surface area contributed by atoms with E-state index in [2.05, 4.69) is 11.8 Å². The minimum Gasteiger partial charge on any atom is -0.851 e. The predicted molar refractivity (Wildman–Crippen MR) is 32.1 cm³/mol. The molecule has 0 aromatic carbocycles. The first-order chi connectivity index (χ1) is 3.81. The molecule has 0 aromatic rings. The van der Waals surface area contributed by atoms with E-state index in [0.29, 0.717) is 12.8 Å². The minimum absolute atomic E-state index is 0. The summed E-state index contributed by atoms with van der Waals surface area (Å²) in [4.78, 5) is 0. The van der Waals surface area contributed by atoms with Crippen molar-refractivity contribution in [3.05, 3.63) is 0 Å². The van der Waals surface area contributed by atoms with Crippen LogP contribution < -0.4 is 63.3 Å². The van der Waals surface area contributed by atoms with Gasteiger partial charge in [-0.3, -0.25) is 0 Å². The molecule has 1 nitrogen and oxygen atoms in total. The summed E-state index contributed by atoms with van der Waals surface area (Å²) in [7, 11) is 0. The molecule has 1 atom stereocenters. The summed E-state index contributed by atoms with van der Waals surface area (Å²) in [6, 6.07) is 0. The number of hydrogen-bond acceptors (Lipinski definition) is 1. The second kappa shape index (κ2) is 9.33. The van der Waals surface area contributed by atoms with Gasteiger partial charge in [-0.05, 0) is 13.3 Å². The molecule has 46 valence electrons. The van der Waals surface area contributed by atoms with Gasteiger partial charge >= 0.3 is 58.2 Å². The Labute approximate surface area is 106 Å². The Morgan fingerprint density at radius 2 is 2.11 bits per heavy atom. The van der Waals surface area contributed by atoms with E-state index in [1.807, 2.05) is 6.92 Å². The predicted octanol–water partition coefficient (Wildman–Crippen LogP) is -2.46.